The van der Waals surface area contributed by atoms with E-state index in [9.17, 15) is 4.79 Å². The van der Waals surface area contributed by atoms with Crippen molar-refractivity contribution in [1.29, 1.82) is 0 Å². The first-order valence-electron chi connectivity index (χ1n) is 6.85. The van der Waals surface area contributed by atoms with E-state index in [-0.39, 0.29) is 11.7 Å². The van der Waals surface area contributed by atoms with Gasteiger partial charge >= 0.3 is 0 Å². The molecule has 1 aromatic rings. The van der Waals surface area contributed by atoms with Gasteiger partial charge in [0.2, 0.25) is 0 Å². The van der Waals surface area contributed by atoms with Crippen LogP contribution in [0.15, 0.2) is 30.0 Å². The largest absolute Gasteiger partial charge is 0.383 e. The Bertz CT molecular complexity index is 537. The van der Waals surface area contributed by atoms with Crippen molar-refractivity contribution < 1.29 is 4.79 Å². The molecule has 1 saturated carbocycles. The van der Waals surface area contributed by atoms with Crippen molar-refractivity contribution in [3.63, 3.8) is 0 Å². The first kappa shape index (κ1) is 15.4. The van der Waals surface area contributed by atoms with Crippen molar-refractivity contribution in [2.45, 2.75) is 31.6 Å². The second kappa shape index (κ2) is 6.64. The maximum absolute atomic E-state index is 12.7. The summed E-state index contributed by atoms with van der Waals surface area (Å²) < 4.78 is 0. The molecule has 2 nitrogen and oxygen atoms in total. The number of hydrogen-bond acceptors (Lipinski definition) is 2. The third-order valence-electron chi connectivity index (χ3n) is 3.57. The molecule has 1 fully saturated rings. The molecule has 108 valence electrons. The van der Waals surface area contributed by atoms with E-state index in [0.29, 0.717) is 10.0 Å². The Kier molecular flexibility index (Phi) is 5.11. The van der Waals surface area contributed by atoms with Crippen LogP contribution in [0.5, 0.6) is 0 Å². The summed E-state index contributed by atoms with van der Waals surface area (Å²) in [6.07, 6.45) is 5.68. The van der Waals surface area contributed by atoms with Gasteiger partial charge in [0.25, 0.3) is 0 Å². The minimum absolute atomic E-state index is 0.171. The second-order valence-electron chi connectivity index (χ2n) is 5.45. The molecule has 4 heteroatoms. The monoisotopic (exact) mass is 311 g/mol. The summed E-state index contributed by atoms with van der Waals surface area (Å²) in [5, 5.41) is 1.25. The summed E-state index contributed by atoms with van der Waals surface area (Å²) in [5.74, 6) is 0.00951. The molecule has 0 radical (unpaired) electrons. The molecule has 1 unspecified atom stereocenters. The Morgan fingerprint density at radius 3 is 2.70 bits per heavy atom. The zero-order chi connectivity index (χ0) is 14.7. The Hall–Kier alpha value is -0.990. The zero-order valence-electron chi connectivity index (χ0n) is 11.8. The highest BCUT2D eigenvalue weighted by molar-refractivity contribution is 6.34. The molecule has 0 spiro atoms. The van der Waals surface area contributed by atoms with Gasteiger partial charge in [-0.15, -0.1) is 0 Å². The van der Waals surface area contributed by atoms with Gasteiger partial charge in [-0.05, 0) is 43.0 Å². The van der Waals surface area contributed by atoms with Crippen LogP contribution in [0.3, 0.4) is 0 Å². The van der Waals surface area contributed by atoms with Gasteiger partial charge in [-0.3, -0.25) is 4.79 Å². The fraction of sp³-hybridized carbons (Fsp3) is 0.438. The molecule has 20 heavy (non-hydrogen) atoms. The number of carbonyl (C=O) groups excluding carboxylic acids is 1. The van der Waals surface area contributed by atoms with E-state index >= 15 is 0 Å². The number of Topliss-reactive ketones (excluding diaryl/α,β-unsaturated/α-hetero) is 1. The maximum Gasteiger partial charge on any atom is 0.167 e. The lowest BCUT2D eigenvalue weighted by Gasteiger charge is -2.17. The maximum atomic E-state index is 12.7. The second-order valence-corrected chi connectivity index (χ2v) is 6.29. The fourth-order valence-electron chi connectivity index (χ4n) is 2.66. The number of allylic oxidation sites excluding steroid dienone is 1. The van der Waals surface area contributed by atoms with Gasteiger partial charge in [0, 0.05) is 41.8 Å². The molecule has 0 aromatic heterocycles. The van der Waals surface area contributed by atoms with Crippen molar-refractivity contribution in [3.05, 3.63) is 45.6 Å². The number of rotatable bonds is 2. The van der Waals surface area contributed by atoms with Gasteiger partial charge in [0.15, 0.2) is 5.78 Å². The fourth-order valence-corrected chi connectivity index (χ4v) is 3.09. The van der Waals surface area contributed by atoms with Crippen LogP contribution in [0.1, 0.15) is 37.2 Å². The van der Waals surface area contributed by atoms with Crippen LogP contribution in [0, 0.1) is 0 Å². The summed E-state index contributed by atoms with van der Waals surface area (Å²) in [5.41, 5.74) is 1.74. The number of ketones is 1. The van der Waals surface area contributed by atoms with Gasteiger partial charge < -0.3 is 4.90 Å². The number of halogens is 2. The zero-order valence-corrected chi connectivity index (χ0v) is 13.3. The summed E-state index contributed by atoms with van der Waals surface area (Å²) in [7, 11) is 3.87. The molecule has 1 aliphatic rings. The standard InChI is InChI=1S/C16H19Cl2NO/c1-19(2)10-11-5-3-4-6-13(16(11)20)14-9-12(17)7-8-15(14)18/h7-10,13H,3-6H2,1-2H3/b11-10+. The van der Waals surface area contributed by atoms with E-state index in [1.165, 1.54) is 0 Å². The molecule has 0 amide bonds. The Balaban J connectivity index is 2.39. The Morgan fingerprint density at radius 2 is 2.00 bits per heavy atom. The number of nitrogens with zero attached hydrogens (tertiary/aromatic N) is 1. The average molecular weight is 312 g/mol. The van der Waals surface area contributed by atoms with Crippen LogP contribution in [-0.2, 0) is 4.79 Å². The summed E-state index contributed by atoms with van der Waals surface area (Å²) >= 11 is 12.3. The minimum Gasteiger partial charge on any atom is -0.383 e. The average Bonchev–Trinajstić information content (AvgIpc) is 2.55. The van der Waals surface area contributed by atoms with Gasteiger partial charge in [-0.1, -0.05) is 29.6 Å². The van der Waals surface area contributed by atoms with Crippen LogP contribution in [0.25, 0.3) is 0 Å². The van der Waals surface area contributed by atoms with E-state index in [0.717, 1.165) is 36.8 Å². The van der Waals surface area contributed by atoms with Crippen molar-refractivity contribution >= 4 is 29.0 Å². The SMILES string of the molecule is CN(C)/C=C1\CCCCC(c2cc(Cl)ccc2Cl)C1=O. The molecule has 2 rings (SSSR count). The van der Waals surface area contributed by atoms with Crippen molar-refractivity contribution in [1.82, 2.24) is 4.90 Å². The third kappa shape index (κ3) is 3.56. The van der Waals surface area contributed by atoms with Crippen LogP contribution in [0.2, 0.25) is 10.0 Å². The normalized spacial score (nSPS) is 21.9. The predicted molar refractivity (Wildman–Crippen MR) is 84.4 cm³/mol. The number of carbonyl (C=O) groups is 1. The van der Waals surface area contributed by atoms with Crippen LogP contribution < -0.4 is 0 Å². The lowest BCUT2D eigenvalue weighted by molar-refractivity contribution is -0.117. The quantitative estimate of drug-likeness (QED) is 0.584. The lowest BCUT2D eigenvalue weighted by Crippen LogP contribution is -2.16. The molecule has 0 heterocycles. The van der Waals surface area contributed by atoms with Gasteiger partial charge in [0.1, 0.15) is 0 Å². The molecular formula is C16H19Cl2NO. The summed E-state index contributed by atoms with van der Waals surface area (Å²) in [6, 6.07) is 5.35. The van der Waals surface area contributed by atoms with Gasteiger partial charge in [-0.2, -0.15) is 0 Å². The Morgan fingerprint density at radius 1 is 1.25 bits per heavy atom. The highest BCUT2D eigenvalue weighted by Gasteiger charge is 2.28. The van der Waals surface area contributed by atoms with E-state index in [4.69, 9.17) is 23.2 Å². The smallest absolute Gasteiger partial charge is 0.167 e. The minimum atomic E-state index is -0.171. The van der Waals surface area contributed by atoms with E-state index < -0.39 is 0 Å². The van der Waals surface area contributed by atoms with Crippen molar-refractivity contribution in [2.75, 3.05) is 14.1 Å². The van der Waals surface area contributed by atoms with E-state index in [2.05, 4.69) is 0 Å². The highest BCUT2D eigenvalue weighted by atomic mass is 35.5. The van der Waals surface area contributed by atoms with E-state index in [1.54, 1.807) is 12.1 Å². The number of hydrogen-bond donors (Lipinski definition) is 0. The molecule has 0 aliphatic heterocycles. The summed E-state index contributed by atoms with van der Waals surface area (Å²) in [4.78, 5) is 14.7. The first-order valence-corrected chi connectivity index (χ1v) is 7.61. The highest BCUT2D eigenvalue weighted by Crippen LogP contribution is 2.36. The Labute approximate surface area is 130 Å². The molecule has 0 bridgehead atoms. The first-order chi connectivity index (χ1) is 9.49. The van der Waals surface area contributed by atoms with Gasteiger partial charge in [0.05, 0.1) is 0 Å². The molecule has 1 aromatic carbocycles. The van der Waals surface area contributed by atoms with E-state index in [1.807, 2.05) is 31.3 Å². The summed E-state index contributed by atoms with van der Waals surface area (Å²) in [6.45, 7) is 0. The van der Waals surface area contributed by atoms with Crippen LogP contribution in [-0.4, -0.2) is 24.8 Å². The van der Waals surface area contributed by atoms with Crippen LogP contribution >= 0.6 is 23.2 Å². The molecule has 0 N–H and O–H groups in total. The topological polar surface area (TPSA) is 20.3 Å². The van der Waals surface area contributed by atoms with Crippen molar-refractivity contribution in [2.24, 2.45) is 0 Å². The molecule has 1 aliphatic carbocycles. The molecule has 0 saturated heterocycles. The molecular weight excluding hydrogens is 293 g/mol. The van der Waals surface area contributed by atoms with Gasteiger partial charge in [-0.25, -0.2) is 0 Å². The lowest BCUT2D eigenvalue weighted by atomic mass is 9.89. The van der Waals surface area contributed by atoms with Crippen LogP contribution in [0.4, 0.5) is 0 Å². The third-order valence-corrected chi connectivity index (χ3v) is 4.15. The van der Waals surface area contributed by atoms with Crippen molar-refractivity contribution in [3.8, 4) is 0 Å². The molecule has 1 atom stereocenters. The predicted octanol–water partition coefficient (Wildman–Crippen LogP) is 4.67. The number of benzene rings is 1.